The molecule has 2 aromatic carbocycles. The number of halogens is 4. The first-order chi connectivity index (χ1) is 16.8. The van der Waals surface area contributed by atoms with Gasteiger partial charge in [-0.3, -0.25) is 4.79 Å². The third-order valence-electron chi connectivity index (χ3n) is 4.89. The van der Waals surface area contributed by atoms with Gasteiger partial charge in [-0.1, -0.05) is 60.3 Å². The van der Waals surface area contributed by atoms with E-state index in [0.29, 0.717) is 40.3 Å². The zero-order valence-corrected chi connectivity index (χ0v) is 23.0. The van der Waals surface area contributed by atoms with Crippen molar-refractivity contribution >= 4 is 52.3 Å². The van der Waals surface area contributed by atoms with Crippen molar-refractivity contribution in [3.63, 3.8) is 0 Å². The van der Waals surface area contributed by atoms with E-state index in [1.54, 1.807) is 12.1 Å². The lowest BCUT2D eigenvalue weighted by Gasteiger charge is -2.21. The second-order valence-electron chi connectivity index (χ2n) is 7.74. The molecule has 5 nitrogen and oxygen atoms in total. The van der Waals surface area contributed by atoms with E-state index in [9.17, 15) is 4.79 Å². The van der Waals surface area contributed by atoms with Gasteiger partial charge in [-0.2, -0.15) is 0 Å². The molecule has 0 saturated carbocycles. The average molecular weight is 563 g/mol. The molecular formula is C26H31Cl4NO4. The summed E-state index contributed by atoms with van der Waals surface area (Å²) in [4.78, 5) is 14.5. The first-order valence-electron chi connectivity index (χ1n) is 11.6. The minimum absolute atomic E-state index is 0.0609. The van der Waals surface area contributed by atoms with Gasteiger partial charge in [0.2, 0.25) is 0 Å². The van der Waals surface area contributed by atoms with Crippen LogP contribution in [0.1, 0.15) is 49.9 Å². The van der Waals surface area contributed by atoms with Crippen molar-refractivity contribution in [3.05, 3.63) is 62.6 Å². The van der Waals surface area contributed by atoms with Crippen molar-refractivity contribution in [1.82, 2.24) is 4.90 Å². The van der Waals surface area contributed by atoms with E-state index in [2.05, 4.69) is 13.8 Å². The van der Waals surface area contributed by atoms with Crippen LogP contribution >= 0.6 is 46.4 Å². The lowest BCUT2D eigenvalue weighted by atomic mass is 10.2. The molecule has 0 bridgehead atoms. The summed E-state index contributed by atoms with van der Waals surface area (Å²) in [5, 5.41) is 0.714. The zero-order chi connectivity index (χ0) is 25.6. The molecule has 0 aliphatic carbocycles. The van der Waals surface area contributed by atoms with Crippen molar-refractivity contribution in [2.45, 2.75) is 39.5 Å². The van der Waals surface area contributed by atoms with Crippen LogP contribution in [-0.2, 0) is 0 Å². The summed E-state index contributed by atoms with van der Waals surface area (Å²) < 4.78 is 17.1. The van der Waals surface area contributed by atoms with Gasteiger partial charge < -0.3 is 19.1 Å². The predicted octanol–water partition coefficient (Wildman–Crippen LogP) is 8.19. The predicted molar refractivity (Wildman–Crippen MR) is 145 cm³/mol. The van der Waals surface area contributed by atoms with E-state index < -0.39 is 0 Å². The van der Waals surface area contributed by atoms with Crippen LogP contribution in [0.2, 0.25) is 10.0 Å². The van der Waals surface area contributed by atoms with Crippen molar-refractivity contribution < 1.29 is 19.0 Å². The number of ether oxygens (including phenoxy) is 3. The van der Waals surface area contributed by atoms with E-state index in [1.165, 1.54) is 6.08 Å². The first-order valence-corrected chi connectivity index (χ1v) is 13.1. The molecule has 0 radical (unpaired) electrons. The van der Waals surface area contributed by atoms with Crippen LogP contribution in [0, 0.1) is 0 Å². The topological polar surface area (TPSA) is 48.0 Å². The van der Waals surface area contributed by atoms with Crippen molar-refractivity contribution in [1.29, 1.82) is 0 Å². The van der Waals surface area contributed by atoms with Crippen LogP contribution < -0.4 is 14.2 Å². The maximum atomic E-state index is 12.7. The third kappa shape index (κ3) is 10.4. The Morgan fingerprint density at radius 1 is 0.857 bits per heavy atom. The standard InChI is InChI=1S/C26H31Cl4NO4/c1-3-12-31(13-4-2)26(32)19-7-9-20(10-8-19)33-14-5-6-15-35-25-22(27)17-21(18-23(25)28)34-16-11-24(29)30/h7-11,17-18H,3-6,12-16H2,1-2H3. The minimum Gasteiger partial charge on any atom is -0.494 e. The van der Waals surface area contributed by atoms with Crippen LogP contribution in [0.3, 0.4) is 0 Å². The summed E-state index contributed by atoms with van der Waals surface area (Å²) in [7, 11) is 0. The van der Waals surface area contributed by atoms with E-state index >= 15 is 0 Å². The molecule has 35 heavy (non-hydrogen) atoms. The summed E-state index contributed by atoms with van der Waals surface area (Å²) in [6.45, 7) is 6.85. The molecule has 0 fully saturated rings. The maximum Gasteiger partial charge on any atom is 0.253 e. The van der Waals surface area contributed by atoms with Crippen molar-refractivity contribution in [2.75, 3.05) is 32.9 Å². The molecule has 0 aliphatic heterocycles. The molecule has 1 amide bonds. The van der Waals surface area contributed by atoms with Crippen LogP contribution in [0.4, 0.5) is 0 Å². The van der Waals surface area contributed by atoms with Gasteiger partial charge in [-0.05, 0) is 56.0 Å². The number of nitrogens with zero attached hydrogens (tertiary/aromatic N) is 1. The molecular weight excluding hydrogens is 532 g/mol. The largest absolute Gasteiger partial charge is 0.494 e. The fourth-order valence-corrected chi connectivity index (χ4v) is 3.96. The summed E-state index contributed by atoms with van der Waals surface area (Å²) >= 11 is 23.7. The smallest absolute Gasteiger partial charge is 0.253 e. The Kier molecular flexibility index (Phi) is 13.5. The highest BCUT2D eigenvalue weighted by molar-refractivity contribution is 6.55. The molecule has 0 saturated heterocycles. The molecule has 2 aromatic rings. The second-order valence-corrected chi connectivity index (χ2v) is 9.56. The SMILES string of the molecule is CCCN(CCC)C(=O)c1ccc(OCCCCOc2c(Cl)cc(OCC=C(Cl)Cl)cc2Cl)cc1. The fraction of sp³-hybridized carbons (Fsp3) is 0.423. The first kappa shape index (κ1) is 29.4. The summed E-state index contributed by atoms with van der Waals surface area (Å²) in [6, 6.07) is 10.5. The second kappa shape index (κ2) is 16.1. The summed E-state index contributed by atoms with van der Waals surface area (Å²) in [6.07, 6.45) is 4.93. The molecule has 0 aromatic heterocycles. The Morgan fingerprint density at radius 3 is 1.97 bits per heavy atom. The van der Waals surface area contributed by atoms with E-state index in [4.69, 9.17) is 60.6 Å². The highest BCUT2D eigenvalue weighted by Crippen LogP contribution is 2.37. The quantitative estimate of drug-likeness (QED) is 0.205. The summed E-state index contributed by atoms with van der Waals surface area (Å²) in [5.74, 6) is 1.69. The monoisotopic (exact) mass is 561 g/mol. The minimum atomic E-state index is 0.0609. The molecule has 0 heterocycles. The van der Waals surface area contributed by atoms with Gasteiger partial charge in [0, 0.05) is 30.8 Å². The lowest BCUT2D eigenvalue weighted by molar-refractivity contribution is 0.0755. The molecule has 9 heteroatoms. The zero-order valence-electron chi connectivity index (χ0n) is 20.0. The van der Waals surface area contributed by atoms with Crippen LogP contribution in [0.25, 0.3) is 0 Å². The molecule has 0 aliphatic rings. The van der Waals surface area contributed by atoms with Crippen LogP contribution in [0.15, 0.2) is 47.0 Å². The third-order valence-corrected chi connectivity index (χ3v) is 5.76. The molecule has 0 atom stereocenters. The Morgan fingerprint density at radius 2 is 1.43 bits per heavy atom. The number of hydrogen-bond donors (Lipinski definition) is 0. The van der Waals surface area contributed by atoms with Crippen molar-refractivity contribution in [2.24, 2.45) is 0 Å². The number of amides is 1. The number of rotatable bonds is 15. The van der Waals surface area contributed by atoms with E-state index in [0.717, 1.165) is 44.5 Å². The van der Waals surface area contributed by atoms with Crippen LogP contribution in [-0.4, -0.2) is 43.7 Å². The number of unbranched alkanes of at least 4 members (excludes halogenated alkanes) is 1. The Balaban J connectivity index is 1.74. The Labute approximate surface area is 227 Å². The number of carbonyl (C=O) groups excluding carboxylic acids is 1. The van der Waals surface area contributed by atoms with Gasteiger partial charge in [0.15, 0.2) is 5.75 Å². The van der Waals surface area contributed by atoms with Crippen LogP contribution in [0.5, 0.6) is 17.2 Å². The molecule has 192 valence electrons. The maximum absolute atomic E-state index is 12.7. The van der Waals surface area contributed by atoms with E-state index in [1.807, 2.05) is 29.2 Å². The number of hydrogen-bond acceptors (Lipinski definition) is 4. The molecule has 2 rings (SSSR count). The average Bonchev–Trinajstić information content (AvgIpc) is 2.82. The highest BCUT2D eigenvalue weighted by atomic mass is 35.5. The van der Waals surface area contributed by atoms with Gasteiger partial charge in [-0.15, -0.1) is 0 Å². The number of benzene rings is 2. The Hall–Kier alpha value is -1.79. The van der Waals surface area contributed by atoms with E-state index in [-0.39, 0.29) is 17.0 Å². The fourth-order valence-electron chi connectivity index (χ4n) is 3.26. The number of carbonyl (C=O) groups is 1. The normalized spacial score (nSPS) is 10.6. The molecule has 0 spiro atoms. The summed E-state index contributed by atoms with van der Waals surface area (Å²) in [5.41, 5.74) is 0.678. The van der Waals surface area contributed by atoms with Gasteiger partial charge >= 0.3 is 0 Å². The molecule has 0 N–H and O–H groups in total. The van der Waals surface area contributed by atoms with Gasteiger partial charge in [0.25, 0.3) is 5.91 Å². The Bertz CT molecular complexity index is 933. The molecule has 0 unspecified atom stereocenters. The van der Waals surface area contributed by atoms with Gasteiger partial charge in [-0.25, -0.2) is 0 Å². The lowest BCUT2D eigenvalue weighted by Crippen LogP contribution is -2.32. The van der Waals surface area contributed by atoms with Gasteiger partial charge in [0.1, 0.15) is 22.6 Å². The highest BCUT2D eigenvalue weighted by Gasteiger charge is 2.14. The van der Waals surface area contributed by atoms with Crippen molar-refractivity contribution in [3.8, 4) is 17.2 Å². The van der Waals surface area contributed by atoms with Gasteiger partial charge in [0.05, 0.1) is 23.3 Å².